The van der Waals surface area contributed by atoms with Crippen LogP contribution in [0.5, 0.6) is 5.75 Å². The Bertz CT molecular complexity index is 742. The van der Waals surface area contributed by atoms with Gasteiger partial charge in [0.05, 0.1) is 0 Å². The van der Waals surface area contributed by atoms with Gasteiger partial charge in [0, 0.05) is 0 Å². The second-order valence-corrected chi connectivity index (χ2v) is 10.2. The van der Waals surface area contributed by atoms with Gasteiger partial charge in [-0.05, 0) is 0 Å². The van der Waals surface area contributed by atoms with Crippen LogP contribution < -0.4 is 13.6 Å². The molecule has 6 nitrogen and oxygen atoms in total. The molecule has 1 N–H and O–H groups in total. The van der Waals surface area contributed by atoms with Gasteiger partial charge in [0.25, 0.3) is 0 Å². The molecular formula is C23H37N2O4Sn. The number of unbranched alkanes of at least 4 members (excludes halogenated alkanes) is 3. The fourth-order valence-corrected chi connectivity index (χ4v) is 4.92. The Kier molecular flexibility index (Phi) is 11.2. The molecule has 1 aromatic rings. The summed E-state index contributed by atoms with van der Waals surface area (Å²) in [5, 5.41) is 15.0. The molecule has 0 unspecified atom stereocenters. The summed E-state index contributed by atoms with van der Waals surface area (Å²) >= 11 is 1.18. The molecular weight excluding hydrogens is 487 g/mol. The van der Waals surface area contributed by atoms with E-state index in [1.165, 1.54) is 28.1 Å². The minimum absolute atomic E-state index is 0.00865. The number of ether oxygens (including phenoxy) is 1. The van der Waals surface area contributed by atoms with Gasteiger partial charge in [-0.3, -0.25) is 0 Å². The predicted octanol–water partition coefficient (Wildman–Crippen LogP) is 5.30. The van der Waals surface area contributed by atoms with E-state index in [1.54, 1.807) is 0 Å². The molecule has 1 rings (SSSR count). The molecule has 0 saturated carbocycles. The van der Waals surface area contributed by atoms with E-state index in [0.29, 0.717) is 12.8 Å². The standard InChI is InChI=1S/C23H37N2O4.Sn/c1-7-10-13-17-16-18(14-11-8-2)20(25(27)28)21(19(17)15-12-9-3)29-22(26)24-23(4,5)6;/h7-15H2,1-6H3,(H,24,26);. The van der Waals surface area contributed by atoms with Gasteiger partial charge in [0.1, 0.15) is 0 Å². The number of hydrogen-bond acceptors (Lipinski definition) is 4. The van der Waals surface area contributed by atoms with Crippen LogP contribution in [0.25, 0.3) is 0 Å². The Balaban J connectivity index is 3.73. The average Bonchev–Trinajstić information content (AvgIpc) is 2.63. The van der Waals surface area contributed by atoms with Gasteiger partial charge in [-0.2, -0.15) is 0 Å². The first-order valence-corrected chi connectivity index (χ1v) is 12.6. The van der Waals surface area contributed by atoms with Crippen molar-refractivity contribution in [2.24, 2.45) is 0 Å². The van der Waals surface area contributed by atoms with E-state index in [1.807, 2.05) is 20.8 Å². The first-order valence-electron chi connectivity index (χ1n) is 11.1. The summed E-state index contributed by atoms with van der Waals surface area (Å²) in [6, 6.07) is 0. The number of nitro groups is 1. The van der Waals surface area contributed by atoms with Crippen molar-refractivity contribution in [1.82, 2.24) is 5.32 Å². The van der Waals surface area contributed by atoms with Gasteiger partial charge in [0.15, 0.2) is 0 Å². The van der Waals surface area contributed by atoms with Crippen molar-refractivity contribution in [2.45, 2.75) is 105 Å². The quantitative estimate of drug-likeness (QED) is 0.242. The number of nitro benzene ring substituents is 1. The van der Waals surface area contributed by atoms with Crippen LogP contribution in [0.1, 0.15) is 96.8 Å². The number of nitrogens with zero attached hydrogens (tertiary/aromatic N) is 1. The fourth-order valence-electron chi connectivity index (χ4n) is 3.44. The van der Waals surface area contributed by atoms with E-state index >= 15 is 0 Å². The maximum absolute atomic E-state index is 12.6. The van der Waals surface area contributed by atoms with Gasteiger partial charge in [-0.15, -0.1) is 0 Å². The summed E-state index contributed by atoms with van der Waals surface area (Å²) in [4.78, 5) is 24.4. The molecule has 0 atom stereocenters. The van der Waals surface area contributed by atoms with Crippen molar-refractivity contribution in [3.63, 3.8) is 0 Å². The SMILES string of the molecule is CCCCc1[c]([Sn])c(CCCC)c([N+](=O)[O-])c(OC(=O)NC(C)(C)C)c1CCCC. The predicted molar refractivity (Wildman–Crippen MR) is 123 cm³/mol. The second kappa shape index (κ2) is 12.5. The van der Waals surface area contributed by atoms with Crippen molar-refractivity contribution >= 4 is 37.9 Å². The van der Waals surface area contributed by atoms with E-state index in [2.05, 4.69) is 26.1 Å². The topological polar surface area (TPSA) is 81.5 Å². The number of benzene rings is 1. The van der Waals surface area contributed by atoms with Crippen LogP contribution in [0.15, 0.2) is 0 Å². The van der Waals surface area contributed by atoms with Crippen molar-refractivity contribution in [1.29, 1.82) is 0 Å². The third-order valence-electron chi connectivity index (χ3n) is 4.94. The zero-order valence-electron chi connectivity index (χ0n) is 19.4. The zero-order chi connectivity index (χ0) is 22.9. The van der Waals surface area contributed by atoms with Gasteiger partial charge >= 0.3 is 195 Å². The first-order chi connectivity index (χ1) is 14.1. The van der Waals surface area contributed by atoms with Crippen LogP contribution in [-0.2, 0) is 19.3 Å². The number of amides is 1. The van der Waals surface area contributed by atoms with Crippen molar-refractivity contribution in [2.75, 3.05) is 0 Å². The van der Waals surface area contributed by atoms with Crippen LogP contribution in [-0.4, -0.2) is 39.1 Å². The average molecular weight is 524 g/mol. The van der Waals surface area contributed by atoms with E-state index in [-0.39, 0.29) is 16.4 Å². The molecule has 7 heteroatoms. The zero-order valence-corrected chi connectivity index (χ0v) is 22.3. The number of carbonyl (C=O) groups is 1. The van der Waals surface area contributed by atoms with Gasteiger partial charge < -0.3 is 0 Å². The molecule has 0 aliphatic carbocycles. The van der Waals surface area contributed by atoms with E-state index in [4.69, 9.17) is 4.74 Å². The summed E-state index contributed by atoms with van der Waals surface area (Å²) in [7, 11) is 0. The van der Waals surface area contributed by atoms with E-state index in [9.17, 15) is 14.9 Å². The third-order valence-corrected chi connectivity index (χ3v) is 6.66. The van der Waals surface area contributed by atoms with Crippen molar-refractivity contribution in [3.8, 4) is 5.75 Å². The summed E-state index contributed by atoms with van der Waals surface area (Å²) < 4.78 is 6.81. The molecule has 0 aliphatic heterocycles. The molecule has 1 aromatic carbocycles. The van der Waals surface area contributed by atoms with Gasteiger partial charge in [0.2, 0.25) is 0 Å². The monoisotopic (exact) mass is 525 g/mol. The van der Waals surface area contributed by atoms with Gasteiger partial charge in [-0.25, -0.2) is 0 Å². The Morgan fingerprint density at radius 3 is 1.87 bits per heavy atom. The number of hydrogen-bond donors (Lipinski definition) is 1. The molecule has 0 aliphatic rings. The molecule has 0 saturated heterocycles. The molecule has 1 amide bonds. The second-order valence-electron chi connectivity index (χ2n) is 8.82. The number of carbonyl (C=O) groups excluding carboxylic acids is 1. The van der Waals surface area contributed by atoms with Gasteiger partial charge in [-0.1, -0.05) is 0 Å². The van der Waals surface area contributed by atoms with Crippen LogP contribution in [0, 0.1) is 10.1 Å². The molecule has 0 heterocycles. The van der Waals surface area contributed by atoms with Crippen LogP contribution in [0.3, 0.4) is 0 Å². The summed E-state index contributed by atoms with van der Waals surface area (Å²) in [5.74, 6) is 0.165. The number of nitrogens with one attached hydrogen (secondary N) is 1. The van der Waals surface area contributed by atoms with Crippen LogP contribution in [0.2, 0.25) is 0 Å². The summed E-state index contributed by atoms with van der Waals surface area (Å²) in [6.07, 6.45) is 7.31. The van der Waals surface area contributed by atoms with Crippen molar-refractivity contribution < 1.29 is 14.5 Å². The Morgan fingerprint density at radius 1 is 0.967 bits per heavy atom. The third kappa shape index (κ3) is 7.74. The maximum atomic E-state index is 12.6. The summed E-state index contributed by atoms with van der Waals surface area (Å²) in [5.41, 5.74) is 2.28. The Morgan fingerprint density at radius 2 is 1.43 bits per heavy atom. The van der Waals surface area contributed by atoms with Crippen LogP contribution >= 0.6 is 0 Å². The number of rotatable bonds is 11. The molecule has 0 fully saturated rings. The molecule has 3 radical (unpaired) electrons. The normalized spacial score (nSPS) is 11.4. The Hall–Kier alpha value is -1.31. The Labute approximate surface area is 194 Å². The molecule has 0 spiro atoms. The minimum atomic E-state index is -0.636. The molecule has 0 bridgehead atoms. The molecule has 0 aromatic heterocycles. The van der Waals surface area contributed by atoms with Crippen molar-refractivity contribution in [3.05, 3.63) is 26.8 Å². The first kappa shape index (κ1) is 26.7. The van der Waals surface area contributed by atoms with E-state index < -0.39 is 11.6 Å². The van der Waals surface area contributed by atoms with E-state index in [0.717, 1.165) is 59.7 Å². The molecule has 30 heavy (non-hydrogen) atoms. The summed E-state index contributed by atoms with van der Waals surface area (Å²) in [6.45, 7) is 11.9. The van der Waals surface area contributed by atoms with Crippen LogP contribution in [0.4, 0.5) is 10.5 Å². The fraction of sp³-hybridized carbons (Fsp3) is 0.696. The molecule has 167 valence electrons.